The molecule has 2 aromatic rings. The fourth-order valence-corrected chi connectivity index (χ4v) is 2.47. The summed E-state index contributed by atoms with van der Waals surface area (Å²) in [6.45, 7) is 2.22. The predicted molar refractivity (Wildman–Crippen MR) is 84.1 cm³/mol. The Morgan fingerprint density at radius 2 is 2.04 bits per heavy atom. The molecule has 1 aliphatic rings. The molecule has 0 saturated carbocycles. The first-order valence-electron chi connectivity index (χ1n) is 7.53. The molecule has 0 bridgehead atoms. The van der Waals surface area contributed by atoms with Crippen LogP contribution in [0.25, 0.3) is 0 Å². The summed E-state index contributed by atoms with van der Waals surface area (Å²) in [6.07, 6.45) is 4.05. The van der Waals surface area contributed by atoms with Crippen LogP contribution in [-0.2, 0) is 13.6 Å². The van der Waals surface area contributed by atoms with Crippen LogP contribution in [-0.4, -0.2) is 38.7 Å². The number of amides is 1. The number of rotatable bonds is 4. The number of carbonyl (C=O) groups excluding carboxylic acids is 1. The highest BCUT2D eigenvalue weighted by atomic mass is 16.2. The Kier molecular flexibility index (Phi) is 4.31. The summed E-state index contributed by atoms with van der Waals surface area (Å²) in [7, 11) is 1.50. The molecule has 1 amide bonds. The number of hydrogen-bond acceptors (Lipinski definition) is 6. The number of aryl methyl sites for hydroxylation is 1. The van der Waals surface area contributed by atoms with Gasteiger partial charge in [0.1, 0.15) is 17.3 Å². The normalized spacial score (nSPS) is 14.0. The van der Waals surface area contributed by atoms with Crippen LogP contribution in [0.15, 0.2) is 29.2 Å². The first kappa shape index (κ1) is 15.1. The van der Waals surface area contributed by atoms with Crippen molar-refractivity contribution in [1.82, 2.24) is 25.1 Å². The van der Waals surface area contributed by atoms with E-state index in [-0.39, 0.29) is 23.7 Å². The molecule has 0 spiro atoms. The van der Waals surface area contributed by atoms with Crippen LogP contribution >= 0.6 is 0 Å². The molecule has 0 aliphatic carbocycles. The first-order chi connectivity index (χ1) is 11.1. The number of aromatic nitrogens is 4. The van der Waals surface area contributed by atoms with Crippen molar-refractivity contribution in [2.75, 3.05) is 18.0 Å². The van der Waals surface area contributed by atoms with Gasteiger partial charge in [-0.3, -0.25) is 9.59 Å². The number of nitrogens with zero attached hydrogens (tertiary/aromatic N) is 5. The third kappa shape index (κ3) is 3.53. The zero-order valence-corrected chi connectivity index (χ0v) is 12.9. The van der Waals surface area contributed by atoms with Gasteiger partial charge in [0.2, 0.25) is 0 Å². The molecule has 0 atom stereocenters. The third-order valence-corrected chi connectivity index (χ3v) is 3.72. The van der Waals surface area contributed by atoms with Crippen molar-refractivity contribution in [2.24, 2.45) is 7.05 Å². The van der Waals surface area contributed by atoms with Crippen molar-refractivity contribution in [3.63, 3.8) is 0 Å². The average molecular weight is 314 g/mol. The van der Waals surface area contributed by atoms with Crippen molar-refractivity contribution in [2.45, 2.75) is 19.4 Å². The molecule has 3 rings (SSSR count). The lowest BCUT2D eigenvalue weighted by atomic mass is 10.3. The van der Waals surface area contributed by atoms with E-state index in [0.29, 0.717) is 5.82 Å². The zero-order valence-electron chi connectivity index (χ0n) is 12.9. The Balaban J connectivity index is 1.65. The third-order valence-electron chi connectivity index (χ3n) is 3.72. The van der Waals surface area contributed by atoms with Crippen molar-refractivity contribution in [3.05, 3.63) is 46.3 Å². The molecule has 1 aliphatic heterocycles. The molecule has 23 heavy (non-hydrogen) atoms. The Hall–Kier alpha value is -2.77. The average Bonchev–Trinajstić information content (AvgIpc) is 3.10. The highest BCUT2D eigenvalue weighted by Crippen LogP contribution is 2.16. The smallest absolute Gasteiger partial charge is 0.272 e. The molecule has 2 aromatic heterocycles. The zero-order chi connectivity index (χ0) is 16.2. The molecule has 120 valence electrons. The quantitative estimate of drug-likeness (QED) is 0.860. The minimum atomic E-state index is -0.365. The van der Waals surface area contributed by atoms with E-state index in [1.807, 2.05) is 6.07 Å². The maximum atomic E-state index is 12.1. The van der Waals surface area contributed by atoms with Crippen molar-refractivity contribution in [3.8, 4) is 0 Å². The van der Waals surface area contributed by atoms with Gasteiger partial charge in [-0.05, 0) is 25.0 Å². The molecule has 8 heteroatoms. The minimum absolute atomic E-state index is 0.183. The van der Waals surface area contributed by atoms with E-state index in [4.69, 9.17) is 0 Å². The minimum Gasteiger partial charge on any atom is -0.357 e. The van der Waals surface area contributed by atoms with E-state index in [0.717, 1.165) is 23.6 Å². The van der Waals surface area contributed by atoms with E-state index in [1.54, 1.807) is 6.20 Å². The molecule has 3 heterocycles. The van der Waals surface area contributed by atoms with Gasteiger partial charge in [0.15, 0.2) is 0 Å². The fraction of sp³-hybridized carbons (Fsp3) is 0.400. The summed E-state index contributed by atoms with van der Waals surface area (Å²) in [4.78, 5) is 34.2. The van der Waals surface area contributed by atoms with Crippen LogP contribution < -0.4 is 15.8 Å². The molecular weight excluding hydrogens is 296 g/mol. The Labute approximate surface area is 133 Å². The molecule has 0 aromatic carbocycles. The second-order valence-electron chi connectivity index (χ2n) is 5.39. The Morgan fingerprint density at radius 3 is 2.78 bits per heavy atom. The number of anilines is 1. The van der Waals surface area contributed by atoms with Gasteiger partial charge in [-0.25, -0.2) is 14.6 Å². The second kappa shape index (κ2) is 6.55. The predicted octanol–water partition coefficient (Wildman–Crippen LogP) is 0.100. The lowest BCUT2D eigenvalue weighted by Crippen LogP contribution is -2.29. The van der Waals surface area contributed by atoms with Gasteiger partial charge in [0.25, 0.3) is 11.5 Å². The van der Waals surface area contributed by atoms with Gasteiger partial charge in [0, 0.05) is 32.4 Å². The highest BCUT2D eigenvalue weighted by molar-refractivity contribution is 5.91. The summed E-state index contributed by atoms with van der Waals surface area (Å²) < 4.78 is 1.12. The molecule has 1 saturated heterocycles. The molecule has 0 radical (unpaired) electrons. The number of nitrogens with one attached hydrogen (secondary N) is 1. The Morgan fingerprint density at radius 1 is 1.26 bits per heavy atom. The maximum Gasteiger partial charge on any atom is 0.272 e. The van der Waals surface area contributed by atoms with E-state index >= 15 is 0 Å². The lowest BCUT2D eigenvalue weighted by Gasteiger charge is -2.16. The van der Waals surface area contributed by atoms with Crippen LogP contribution in [0.5, 0.6) is 0 Å². The summed E-state index contributed by atoms with van der Waals surface area (Å²) in [5, 5.41) is 6.63. The van der Waals surface area contributed by atoms with E-state index < -0.39 is 0 Å². The molecule has 8 nitrogen and oxygen atoms in total. The van der Waals surface area contributed by atoms with E-state index in [9.17, 15) is 9.59 Å². The van der Waals surface area contributed by atoms with Crippen LogP contribution in [0.4, 0.5) is 5.82 Å². The van der Waals surface area contributed by atoms with Gasteiger partial charge in [-0.2, -0.15) is 5.10 Å². The summed E-state index contributed by atoms with van der Waals surface area (Å²) in [6, 6.07) is 4.59. The fourth-order valence-electron chi connectivity index (χ4n) is 2.47. The molecular formula is C15H18N6O2. The van der Waals surface area contributed by atoms with Crippen molar-refractivity contribution in [1.29, 1.82) is 0 Å². The van der Waals surface area contributed by atoms with Gasteiger partial charge >= 0.3 is 0 Å². The molecule has 1 fully saturated rings. The van der Waals surface area contributed by atoms with Crippen molar-refractivity contribution >= 4 is 11.7 Å². The largest absolute Gasteiger partial charge is 0.357 e. The van der Waals surface area contributed by atoms with Crippen LogP contribution in [0, 0.1) is 0 Å². The summed E-state index contributed by atoms with van der Waals surface area (Å²) in [5.41, 5.74) is -0.0778. The van der Waals surface area contributed by atoms with Crippen LogP contribution in [0.3, 0.4) is 0 Å². The maximum absolute atomic E-state index is 12.1. The summed E-state index contributed by atoms with van der Waals surface area (Å²) >= 11 is 0. The van der Waals surface area contributed by atoms with E-state index in [2.05, 4.69) is 25.3 Å². The molecule has 1 N–H and O–H groups in total. The highest BCUT2D eigenvalue weighted by Gasteiger charge is 2.14. The van der Waals surface area contributed by atoms with Crippen LogP contribution in [0.1, 0.15) is 29.2 Å². The van der Waals surface area contributed by atoms with Crippen LogP contribution in [0.2, 0.25) is 0 Å². The first-order valence-corrected chi connectivity index (χ1v) is 7.53. The topological polar surface area (TPSA) is 93.0 Å². The SMILES string of the molecule is Cn1nc(C(=O)NCc2nccc(N3CCCC3)n2)ccc1=O. The van der Waals surface area contributed by atoms with E-state index in [1.165, 1.54) is 32.0 Å². The monoisotopic (exact) mass is 314 g/mol. The standard InChI is InChI=1S/C15H18N6O2/c1-20-14(22)5-4-11(19-20)15(23)17-10-12-16-7-6-13(18-12)21-8-2-3-9-21/h4-7H,2-3,8-10H2,1H3,(H,17,23). The van der Waals surface area contributed by atoms with Crippen molar-refractivity contribution < 1.29 is 4.79 Å². The Bertz CT molecular complexity index is 767. The van der Waals surface area contributed by atoms with Gasteiger partial charge in [-0.1, -0.05) is 0 Å². The van der Waals surface area contributed by atoms with Gasteiger partial charge in [-0.15, -0.1) is 0 Å². The summed E-state index contributed by atoms with van der Waals surface area (Å²) in [5.74, 6) is 1.07. The second-order valence-corrected chi connectivity index (χ2v) is 5.39. The molecule has 0 unspecified atom stereocenters. The lowest BCUT2D eigenvalue weighted by molar-refractivity contribution is 0.0942. The van der Waals surface area contributed by atoms with Gasteiger partial charge in [0.05, 0.1) is 6.54 Å². The number of carbonyl (C=O) groups is 1. The number of hydrogen-bond donors (Lipinski definition) is 1. The van der Waals surface area contributed by atoms with Gasteiger partial charge < -0.3 is 10.2 Å².